The number of hydrogen-bond acceptors (Lipinski definition) is 2. The van der Waals surface area contributed by atoms with E-state index >= 15 is 0 Å². The van der Waals surface area contributed by atoms with Crippen molar-refractivity contribution in [1.29, 1.82) is 0 Å². The summed E-state index contributed by atoms with van der Waals surface area (Å²) in [7, 11) is 4.21. The highest BCUT2D eigenvalue weighted by Gasteiger charge is 2.14. The van der Waals surface area contributed by atoms with Gasteiger partial charge in [-0.15, -0.1) is 11.8 Å². The summed E-state index contributed by atoms with van der Waals surface area (Å²) in [6.45, 7) is 5.14. The van der Waals surface area contributed by atoms with Crippen LogP contribution in [0.15, 0.2) is 11.5 Å². The van der Waals surface area contributed by atoms with E-state index in [0.29, 0.717) is 0 Å². The predicted octanol–water partition coefficient (Wildman–Crippen LogP) is 3.13. The highest BCUT2D eigenvalue weighted by Crippen LogP contribution is 2.32. The molecule has 1 nitrogen and oxygen atoms in total. The molecule has 1 saturated carbocycles. The lowest BCUT2D eigenvalue weighted by atomic mass is 10.0. The van der Waals surface area contributed by atoms with Crippen molar-refractivity contribution in [2.45, 2.75) is 37.4 Å². The molecule has 1 rings (SSSR count). The van der Waals surface area contributed by atoms with Crippen molar-refractivity contribution in [2.75, 3.05) is 20.6 Å². The molecule has 0 radical (unpaired) electrons. The third kappa shape index (κ3) is 4.72. The number of rotatable bonds is 4. The van der Waals surface area contributed by atoms with Crippen LogP contribution >= 0.6 is 11.8 Å². The summed E-state index contributed by atoms with van der Waals surface area (Å²) >= 11 is 2.01. The maximum absolute atomic E-state index is 4.11. The Morgan fingerprint density at radius 3 is 2.46 bits per heavy atom. The van der Waals surface area contributed by atoms with E-state index in [1.807, 2.05) is 11.8 Å². The number of nitrogens with zero attached hydrogens (tertiary/aromatic N) is 1. The molecule has 0 unspecified atom stereocenters. The van der Waals surface area contributed by atoms with Crippen LogP contribution < -0.4 is 0 Å². The monoisotopic (exact) mass is 199 g/mol. The minimum Gasteiger partial charge on any atom is -0.305 e. The first-order chi connectivity index (χ1) is 6.18. The fraction of sp³-hybridized carbons (Fsp3) is 0.818. The van der Waals surface area contributed by atoms with E-state index in [0.717, 1.165) is 11.8 Å². The van der Waals surface area contributed by atoms with Crippen LogP contribution in [0.4, 0.5) is 0 Å². The van der Waals surface area contributed by atoms with Gasteiger partial charge < -0.3 is 4.90 Å². The van der Waals surface area contributed by atoms with Gasteiger partial charge in [-0.1, -0.05) is 25.8 Å². The molecule has 0 heterocycles. The minimum atomic E-state index is 0.862. The second-order valence-corrected chi connectivity index (χ2v) is 5.63. The Bertz CT molecular complexity index is 159. The molecule has 1 aliphatic carbocycles. The molecule has 1 aliphatic rings. The van der Waals surface area contributed by atoms with Gasteiger partial charge in [0, 0.05) is 11.8 Å². The van der Waals surface area contributed by atoms with Crippen molar-refractivity contribution >= 4 is 11.8 Å². The summed E-state index contributed by atoms with van der Waals surface area (Å²) in [4.78, 5) is 3.52. The Kier molecular flexibility index (Phi) is 4.89. The van der Waals surface area contributed by atoms with Gasteiger partial charge in [0.05, 0.1) is 0 Å². The van der Waals surface area contributed by atoms with E-state index < -0.39 is 0 Å². The molecule has 76 valence electrons. The van der Waals surface area contributed by atoms with Crippen LogP contribution in [0.5, 0.6) is 0 Å². The Labute approximate surface area is 86.6 Å². The van der Waals surface area contributed by atoms with Gasteiger partial charge in [-0.3, -0.25) is 0 Å². The zero-order valence-electron chi connectivity index (χ0n) is 8.88. The zero-order valence-corrected chi connectivity index (χ0v) is 9.70. The molecule has 0 aromatic carbocycles. The van der Waals surface area contributed by atoms with Crippen LogP contribution in [0.3, 0.4) is 0 Å². The molecule has 13 heavy (non-hydrogen) atoms. The quantitative estimate of drug-likeness (QED) is 0.684. The predicted molar refractivity (Wildman–Crippen MR) is 62.2 cm³/mol. The molecular weight excluding hydrogens is 178 g/mol. The minimum absolute atomic E-state index is 0.862. The lowest BCUT2D eigenvalue weighted by molar-refractivity contribution is 0.453. The van der Waals surface area contributed by atoms with Crippen molar-refractivity contribution in [3.05, 3.63) is 11.5 Å². The molecule has 0 aliphatic heterocycles. The van der Waals surface area contributed by atoms with Crippen molar-refractivity contribution in [3.63, 3.8) is 0 Å². The summed E-state index contributed by atoms with van der Waals surface area (Å²) in [6, 6.07) is 0. The van der Waals surface area contributed by atoms with E-state index in [9.17, 15) is 0 Å². The second-order valence-electron chi connectivity index (χ2n) is 4.15. The first-order valence-electron chi connectivity index (χ1n) is 5.17. The smallest absolute Gasteiger partial charge is 0.0281 e. The first kappa shape index (κ1) is 11.1. The maximum Gasteiger partial charge on any atom is 0.0281 e. The Balaban J connectivity index is 2.18. The van der Waals surface area contributed by atoms with Crippen molar-refractivity contribution < 1.29 is 0 Å². The Hall–Kier alpha value is 0.0500. The van der Waals surface area contributed by atoms with Gasteiger partial charge >= 0.3 is 0 Å². The largest absolute Gasteiger partial charge is 0.305 e. The van der Waals surface area contributed by atoms with Crippen LogP contribution in [0.2, 0.25) is 0 Å². The molecule has 2 heteroatoms. The topological polar surface area (TPSA) is 3.24 Å². The summed E-state index contributed by atoms with van der Waals surface area (Å²) < 4.78 is 0. The Morgan fingerprint density at radius 1 is 1.31 bits per heavy atom. The Morgan fingerprint density at radius 2 is 1.92 bits per heavy atom. The van der Waals surface area contributed by atoms with E-state index in [1.54, 1.807) is 0 Å². The van der Waals surface area contributed by atoms with Crippen LogP contribution in [0.1, 0.15) is 32.1 Å². The SMILES string of the molecule is C=C(CN(C)C)SC1CCCCC1. The van der Waals surface area contributed by atoms with Gasteiger partial charge in [0.25, 0.3) is 0 Å². The molecule has 0 atom stereocenters. The van der Waals surface area contributed by atoms with Gasteiger partial charge in [0.15, 0.2) is 0 Å². The molecule has 0 aromatic heterocycles. The highest BCUT2D eigenvalue weighted by molar-refractivity contribution is 8.03. The summed E-state index contributed by atoms with van der Waals surface area (Å²) in [5.74, 6) is 0. The summed E-state index contributed by atoms with van der Waals surface area (Å²) in [6.07, 6.45) is 7.09. The van der Waals surface area contributed by atoms with Gasteiger partial charge in [-0.2, -0.15) is 0 Å². The summed E-state index contributed by atoms with van der Waals surface area (Å²) in [5.41, 5.74) is 0. The highest BCUT2D eigenvalue weighted by atomic mass is 32.2. The van der Waals surface area contributed by atoms with E-state index in [-0.39, 0.29) is 0 Å². The van der Waals surface area contributed by atoms with E-state index in [2.05, 4.69) is 25.6 Å². The van der Waals surface area contributed by atoms with Crippen LogP contribution in [-0.4, -0.2) is 30.8 Å². The third-order valence-corrected chi connectivity index (χ3v) is 3.65. The zero-order chi connectivity index (χ0) is 9.68. The van der Waals surface area contributed by atoms with Crippen molar-refractivity contribution in [1.82, 2.24) is 4.90 Å². The molecule has 0 amide bonds. The van der Waals surface area contributed by atoms with Gasteiger partial charge in [0.1, 0.15) is 0 Å². The van der Waals surface area contributed by atoms with Crippen LogP contribution in [-0.2, 0) is 0 Å². The molecule has 1 fully saturated rings. The van der Waals surface area contributed by atoms with Gasteiger partial charge in [0.2, 0.25) is 0 Å². The average Bonchev–Trinajstić information content (AvgIpc) is 2.04. The standard InChI is InChI=1S/C11H21NS/c1-10(9-12(2)3)13-11-7-5-4-6-8-11/h11H,1,4-9H2,2-3H3. The maximum atomic E-state index is 4.11. The molecule has 0 bridgehead atoms. The lowest BCUT2D eigenvalue weighted by Crippen LogP contribution is -2.16. The molecule has 0 saturated heterocycles. The molecule has 0 N–H and O–H groups in total. The number of thioether (sulfide) groups is 1. The van der Waals surface area contributed by atoms with Gasteiger partial charge in [-0.25, -0.2) is 0 Å². The van der Waals surface area contributed by atoms with Crippen LogP contribution in [0.25, 0.3) is 0 Å². The normalized spacial score (nSPS) is 19.3. The van der Waals surface area contributed by atoms with Crippen LogP contribution in [0, 0.1) is 0 Å². The average molecular weight is 199 g/mol. The summed E-state index contributed by atoms with van der Waals surface area (Å²) in [5, 5.41) is 0.862. The number of hydrogen-bond donors (Lipinski definition) is 0. The third-order valence-electron chi connectivity index (χ3n) is 2.38. The fourth-order valence-corrected chi connectivity index (χ4v) is 3.18. The van der Waals surface area contributed by atoms with E-state index in [4.69, 9.17) is 0 Å². The fourth-order valence-electron chi connectivity index (χ4n) is 1.81. The lowest BCUT2D eigenvalue weighted by Gasteiger charge is -2.22. The molecular formula is C11H21NS. The van der Waals surface area contributed by atoms with Crippen molar-refractivity contribution in [3.8, 4) is 0 Å². The number of likely N-dealkylation sites (N-methyl/N-ethyl adjacent to an activating group) is 1. The first-order valence-corrected chi connectivity index (χ1v) is 6.05. The molecule has 0 spiro atoms. The second kappa shape index (κ2) is 5.71. The van der Waals surface area contributed by atoms with Crippen molar-refractivity contribution in [2.24, 2.45) is 0 Å². The molecule has 0 aromatic rings. The van der Waals surface area contributed by atoms with Gasteiger partial charge in [-0.05, 0) is 31.8 Å². The van der Waals surface area contributed by atoms with E-state index in [1.165, 1.54) is 37.0 Å².